The zero-order valence-corrected chi connectivity index (χ0v) is 23.6. The second-order valence-electron chi connectivity index (χ2n) is 9.56. The first-order valence-corrected chi connectivity index (χ1v) is 13.1. The van der Waals surface area contributed by atoms with Crippen LogP contribution >= 0.6 is 11.6 Å². The number of hydrogen-bond donors (Lipinski definition) is 1. The minimum atomic E-state index is -0.714. The molecule has 4 rings (SSSR count). The Kier molecular flexibility index (Phi) is 8.90. The molecule has 0 aliphatic carbocycles. The molecule has 1 amide bonds. The van der Waals surface area contributed by atoms with Crippen molar-refractivity contribution < 1.29 is 4.79 Å². The summed E-state index contributed by atoms with van der Waals surface area (Å²) in [6, 6.07) is 16.3. The number of halogens is 1. The van der Waals surface area contributed by atoms with Gasteiger partial charge in [-0.1, -0.05) is 65.4 Å². The largest absolute Gasteiger partial charge is 0.332 e. The summed E-state index contributed by atoms with van der Waals surface area (Å²) in [7, 11) is 2.72. The van der Waals surface area contributed by atoms with Crippen molar-refractivity contribution in [2.45, 2.75) is 32.9 Å². The number of rotatable bonds is 7. The summed E-state index contributed by atoms with van der Waals surface area (Å²) >= 11 is 6.42. The van der Waals surface area contributed by atoms with Crippen LogP contribution in [0.25, 0.3) is 0 Å². The molecule has 0 atom stereocenters. The highest BCUT2D eigenvalue weighted by atomic mass is 35.5. The van der Waals surface area contributed by atoms with Gasteiger partial charge in [0.1, 0.15) is 10.8 Å². The van der Waals surface area contributed by atoms with Crippen molar-refractivity contribution >= 4 is 23.2 Å². The quantitative estimate of drug-likeness (QED) is 0.268. The van der Waals surface area contributed by atoms with Crippen LogP contribution in [0, 0.1) is 18.8 Å². The molecule has 0 bridgehead atoms. The number of benzene rings is 2. The Morgan fingerprint density at radius 2 is 1.66 bits per heavy atom. The van der Waals surface area contributed by atoms with Crippen molar-refractivity contribution in [1.82, 2.24) is 18.3 Å². The van der Waals surface area contributed by atoms with Gasteiger partial charge in [-0.25, -0.2) is 9.59 Å². The van der Waals surface area contributed by atoms with Crippen LogP contribution in [0.1, 0.15) is 28.7 Å². The Morgan fingerprint density at radius 3 is 2.39 bits per heavy atom. The van der Waals surface area contributed by atoms with E-state index in [2.05, 4.69) is 17.2 Å². The maximum atomic E-state index is 12.8. The molecule has 11 heteroatoms. The van der Waals surface area contributed by atoms with Gasteiger partial charge >= 0.3 is 11.4 Å². The lowest BCUT2D eigenvalue weighted by Gasteiger charge is -2.13. The molecule has 2 aromatic heterocycles. The molecule has 1 N–H and O–H groups in total. The monoisotopic (exact) mass is 573 g/mol. The third-order valence-corrected chi connectivity index (χ3v) is 6.91. The van der Waals surface area contributed by atoms with E-state index in [-0.39, 0.29) is 35.9 Å². The molecule has 2 aromatic carbocycles. The number of nitrogens with zero attached hydrogens (tertiary/aromatic N) is 4. The number of hydrogen-bond acceptors (Lipinski definition) is 5. The predicted octanol–water partition coefficient (Wildman–Crippen LogP) is 2.04. The molecule has 0 aliphatic heterocycles. The molecule has 10 nitrogen and oxygen atoms in total. The van der Waals surface area contributed by atoms with Gasteiger partial charge in [-0.05, 0) is 36.6 Å². The zero-order valence-electron chi connectivity index (χ0n) is 22.8. The van der Waals surface area contributed by atoms with Crippen LogP contribution in [0.4, 0.5) is 5.69 Å². The van der Waals surface area contributed by atoms with Gasteiger partial charge in [0.15, 0.2) is 0 Å². The van der Waals surface area contributed by atoms with Gasteiger partial charge < -0.3 is 5.32 Å². The number of amides is 1. The van der Waals surface area contributed by atoms with E-state index in [1.54, 1.807) is 18.2 Å². The van der Waals surface area contributed by atoms with Crippen molar-refractivity contribution in [2.24, 2.45) is 14.1 Å². The summed E-state index contributed by atoms with van der Waals surface area (Å²) in [5, 5.41) is 2.35. The smallest absolute Gasteiger partial charge is 0.319 e. The summed E-state index contributed by atoms with van der Waals surface area (Å²) in [6.07, 6.45) is 2.05. The molecule has 0 spiro atoms. The lowest BCUT2D eigenvalue weighted by Crippen LogP contribution is -2.40. The molecule has 2 heterocycles. The van der Waals surface area contributed by atoms with Crippen LogP contribution in [-0.4, -0.2) is 24.2 Å². The second-order valence-corrected chi connectivity index (χ2v) is 9.92. The maximum Gasteiger partial charge on any atom is 0.332 e. The van der Waals surface area contributed by atoms with Gasteiger partial charge in [0.25, 0.3) is 11.1 Å². The Hall–Kier alpha value is -4.88. The maximum absolute atomic E-state index is 12.8. The molecular formula is C30H28ClN5O5. The first-order chi connectivity index (χ1) is 19.5. The average molecular weight is 574 g/mol. The van der Waals surface area contributed by atoms with E-state index >= 15 is 0 Å². The van der Waals surface area contributed by atoms with E-state index in [1.165, 1.54) is 30.9 Å². The average Bonchev–Trinajstić information content (AvgIpc) is 2.96. The summed E-state index contributed by atoms with van der Waals surface area (Å²) in [5.74, 6) is 5.44. The summed E-state index contributed by atoms with van der Waals surface area (Å²) < 4.78 is 4.42. The molecule has 0 radical (unpaired) electrons. The number of carbonyl (C=O) groups is 1. The van der Waals surface area contributed by atoms with E-state index < -0.39 is 22.8 Å². The SMILES string of the molecule is Cc1ccc(CCC(=O)Nc2c(Cl)n(CC#Cc3cccc(Cn4ccc(=O)n(C)c4=O)c3)c(=O)n(C)c2=O)cc1. The van der Waals surface area contributed by atoms with Crippen molar-refractivity contribution in [1.29, 1.82) is 0 Å². The van der Waals surface area contributed by atoms with Crippen molar-refractivity contribution in [3.05, 3.63) is 130 Å². The van der Waals surface area contributed by atoms with E-state index in [4.69, 9.17) is 11.6 Å². The van der Waals surface area contributed by atoms with Crippen molar-refractivity contribution in [3.8, 4) is 11.8 Å². The topological polar surface area (TPSA) is 117 Å². The highest BCUT2D eigenvalue weighted by Gasteiger charge is 2.18. The minimum absolute atomic E-state index is 0.128. The van der Waals surface area contributed by atoms with Gasteiger partial charge in [-0.2, -0.15) is 0 Å². The molecule has 0 saturated carbocycles. The first kappa shape index (κ1) is 29.1. The van der Waals surface area contributed by atoms with Gasteiger partial charge in [-0.15, -0.1) is 0 Å². The predicted molar refractivity (Wildman–Crippen MR) is 157 cm³/mol. The molecular weight excluding hydrogens is 546 g/mol. The standard InChI is InChI=1S/C30H28ClN5O5/c1-20-9-11-21(12-10-20)13-14-24(37)32-26-27(31)36(30(41)34(3)28(26)39)16-5-8-22-6-4-7-23(18-22)19-35-17-15-25(38)33(2)29(35)40/h4,6-7,9-12,15,17-18H,13-14,16,19H2,1-3H3,(H,32,37). The van der Waals surface area contributed by atoms with Crippen LogP contribution in [0.5, 0.6) is 0 Å². The van der Waals surface area contributed by atoms with Crippen LogP contribution in [0.3, 0.4) is 0 Å². The molecule has 0 unspecified atom stereocenters. The summed E-state index contributed by atoms with van der Waals surface area (Å²) in [6.45, 7) is 2.08. The lowest BCUT2D eigenvalue weighted by atomic mass is 10.1. The number of carbonyl (C=O) groups excluding carboxylic acids is 1. The van der Waals surface area contributed by atoms with Crippen LogP contribution in [-0.2, 0) is 38.4 Å². The Bertz CT molecular complexity index is 1920. The summed E-state index contributed by atoms with van der Waals surface area (Å²) in [4.78, 5) is 62.1. The van der Waals surface area contributed by atoms with Crippen molar-refractivity contribution in [2.75, 3.05) is 5.32 Å². The van der Waals surface area contributed by atoms with E-state index in [0.29, 0.717) is 12.0 Å². The van der Waals surface area contributed by atoms with Crippen LogP contribution < -0.4 is 27.8 Å². The molecule has 210 valence electrons. The van der Waals surface area contributed by atoms with Gasteiger partial charge in [0, 0.05) is 38.3 Å². The molecule has 0 saturated heterocycles. The Morgan fingerprint density at radius 1 is 0.927 bits per heavy atom. The zero-order chi connectivity index (χ0) is 29.7. The van der Waals surface area contributed by atoms with Crippen LogP contribution in [0.2, 0.25) is 5.15 Å². The third-order valence-electron chi connectivity index (χ3n) is 6.52. The highest BCUT2D eigenvalue weighted by molar-refractivity contribution is 6.32. The molecule has 0 fully saturated rings. The normalized spacial score (nSPS) is 10.6. The number of aryl methyl sites for hydroxylation is 2. The van der Waals surface area contributed by atoms with Gasteiger partial charge in [0.05, 0.1) is 13.1 Å². The molecule has 4 aromatic rings. The van der Waals surface area contributed by atoms with Crippen molar-refractivity contribution in [3.63, 3.8) is 0 Å². The minimum Gasteiger partial charge on any atom is -0.319 e. The fourth-order valence-corrected chi connectivity index (χ4v) is 4.36. The fourth-order valence-electron chi connectivity index (χ4n) is 4.10. The summed E-state index contributed by atoms with van der Waals surface area (Å²) in [5.41, 5.74) is 1.11. The van der Waals surface area contributed by atoms with E-state index in [9.17, 15) is 24.0 Å². The molecule has 0 aliphatic rings. The van der Waals surface area contributed by atoms with Gasteiger partial charge in [0.2, 0.25) is 5.91 Å². The molecule has 41 heavy (non-hydrogen) atoms. The Labute approximate surface area is 240 Å². The first-order valence-electron chi connectivity index (χ1n) is 12.7. The van der Waals surface area contributed by atoms with Crippen LogP contribution in [0.15, 0.2) is 80.0 Å². The third kappa shape index (κ3) is 6.83. The Balaban J connectivity index is 1.51. The number of nitrogens with one attached hydrogen (secondary N) is 1. The van der Waals surface area contributed by atoms with Gasteiger partial charge in [-0.3, -0.25) is 32.7 Å². The van der Waals surface area contributed by atoms with E-state index in [1.807, 2.05) is 37.3 Å². The second kappa shape index (κ2) is 12.5. The lowest BCUT2D eigenvalue weighted by molar-refractivity contribution is -0.116. The number of aromatic nitrogens is 4. The van der Waals surface area contributed by atoms with E-state index in [0.717, 1.165) is 30.4 Å². The fraction of sp³-hybridized carbons (Fsp3) is 0.233. The highest BCUT2D eigenvalue weighted by Crippen LogP contribution is 2.16. The number of anilines is 1.